The van der Waals surface area contributed by atoms with E-state index in [1.807, 2.05) is 36.0 Å². The van der Waals surface area contributed by atoms with Crippen molar-refractivity contribution < 1.29 is 13.2 Å². The van der Waals surface area contributed by atoms with Crippen molar-refractivity contribution in [3.05, 3.63) is 53.5 Å². The fourth-order valence-corrected chi connectivity index (χ4v) is 7.22. The van der Waals surface area contributed by atoms with E-state index in [0.717, 1.165) is 42.9 Å². The van der Waals surface area contributed by atoms with Crippen molar-refractivity contribution >= 4 is 21.4 Å². The third-order valence-corrected chi connectivity index (χ3v) is 9.65. The summed E-state index contributed by atoms with van der Waals surface area (Å²) in [5, 5.41) is 6.57. The van der Waals surface area contributed by atoms with Crippen molar-refractivity contribution in [3.63, 3.8) is 0 Å². The predicted molar refractivity (Wildman–Crippen MR) is 126 cm³/mol. The lowest BCUT2D eigenvalue weighted by atomic mass is 9.74. The molecule has 32 heavy (non-hydrogen) atoms. The van der Waals surface area contributed by atoms with Gasteiger partial charge in [-0.3, -0.25) is 9.58 Å². The molecule has 3 aromatic rings. The average molecular weight is 473 g/mol. The third-order valence-electron chi connectivity index (χ3n) is 6.83. The van der Waals surface area contributed by atoms with E-state index in [4.69, 9.17) is 9.84 Å². The van der Waals surface area contributed by atoms with Crippen molar-refractivity contribution in [2.24, 2.45) is 13.0 Å². The first-order valence-electron chi connectivity index (χ1n) is 10.9. The SMILES string of the molecule is COc1ccc(-c2cc([C@@H]3CN4CC[C@H]3C[C@@H]4CNS(=O)(=O)c3cccs3)n(C)n2)cc1. The highest BCUT2D eigenvalue weighted by Crippen LogP contribution is 2.42. The number of fused-ring (bicyclic) bond motifs is 3. The van der Waals surface area contributed by atoms with Crippen LogP contribution in [-0.2, 0) is 17.1 Å². The van der Waals surface area contributed by atoms with Crippen LogP contribution in [0.2, 0.25) is 0 Å². The molecule has 2 bridgehead atoms. The maximum absolute atomic E-state index is 12.5. The van der Waals surface area contributed by atoms with Crippen molar-refractivity contribution in [1.29, 1.82) is 0 Å². The molecular formula is C23H28N4O3S2. The molecule has 3 saturated heterocycles. The van der Waals surface area contributed by atoms with E-state index in [2.05, 4.69) is 15.7 Å². The normalized spacial score (nSPS) is 25.2. The average Bonchev–Trinajstić information content (AvgIpc) is 3.49. The summed E-state index contributed by atoms with van der Waals surface area (Å²) in [5.74, 6) is 1.79. The second-order valence-corrected chi connectivity index (χ2v) is 11.6. The highest BCUT2D eigenvalue weighted by atomic mass is 32.2. The molecular weight excluding hydrogens is 444 g/mol. The van der Waals surface area contributed by atoms with Gasteiger partial charge in [-0.2, -0.15) is 5.10 Å². The molecule has 0 radical (unpaired) electrons. The number of ether oxygens (including phenoxy) is 1. The monoisotopic (exact) mass is 472 g/mol. The summed E-state index contributed by atoms with van der Waals surface area (Å²) in [6, 6.07) is 13.9. The minimum absolute atomic E-state index is 0.244. The lowest BCUT2D eigenvalue weighted by Gasteiger charge is -2.49. The van der Waals surface area contributed by atoms with Crippen LogP contribution in [0.25, 0.3) is 11.3 Å². The molecule has 5 heterocycles. The zero-order valence-corrected chi connectivity index (χ0v) is 19.9. The predicted octanol–water partition coefficient (Wildman–Crippen LogP) is 3.31. The number of hydrogen-bond donors (Lipinski definition) is 1. The molecule has 6 rings (SSSR count). The fourth-order valence-electron chi connectivity index (χ4n) is 5.11. The van der Waals surface area contributed by atoms with Gasteiger partial charge in [-0.25, -0.2) is 13.1 Å². The minimum atomic E-state index is -3.42. The Morgan fingerprint density at radius 3 is 2.72 bits per heavy atom. The van der Waals surface area contributed by atoms with E-state index in [1.54, 1.807) is 24.6 Å². The highest BCUT2D eigenvalue weighted by molar-refractivity contribution is 7.91. The van der Waals surface area contributed by atoms with Crippen LogP contribution in [0.5, 0.6) is 5.75 Å². The van der Waals surface area contributed by atoms with Gasteiger partial charge in [0.1, 0.15) is 9.96 Å². The minimum Gasteiger partial charge on any atom is -0.497 e. The standard InChI is InChI=1S/C23H28N4O3S2/c1-26-22(13-21(25-26)16-5-7-19(30-2)8-6-16)20-15-27-10-9-17(20)12-18(27)14-24-32(28,29)23-4-3-11-31-23/h3-8,11,13,17-18,20,24H,9-10,12,14-15H2,1-2H3/t17-,18+,20+/m0/s1. The topological polar surface area (TPSA) is 76.5 Å². The quantitative estimate of drug-likeness (QED) is 0.571. The van der Waals surface area contributed by atoms with Crippen LogP contribution < -0.4 is 9.46 Å². The number of aromatic nitrogens is 2. The molecule has 170 valence electrons. The van der Waals surface area contributed by atoms with Gasteiger partial charge in [0.15, 0.2) is 0 Å². The number of sulfonamides is 1. The summed E-state index contributed by atoms with van der Waals surface area (Å²) in [7, 11) is 0.270. The molecule has 1 N–H and O–H groups in total. The first kappa shape index (κ1) is 21.6. The Balaban J connectivity index is 1.28. The maximum atomic E-state index is 12.5. The summed E-state index contributed by atoms with van der Waals surface area (Å²) in [5.41, 5.74) is 3.31. The molecule has 0 spiro atoms. The first-order chi connectivity index (χ1) is 15.4. The molecule has 0 aliphatic carbocycles. The van der Waals surface area contributed by atoms with E-state index in [1.165, 1.54) is 17.0 Å². The molecule has 2 aromatic heterocycles. The van der Waals surface area contributed by atoms with Crippen molar-refractivity contribution in [3.8, 4) is 17.0 Å². The second-order valence-electron chi connectivity index (χ2n) is 8.63. The van der Waals surface area contributed by atoms with Crippen LogP contribution in [0.4, 0.5) is 0 Å². The lowest BCUT2D eigenvalue weighted by Crippen LogP contribution is -2.56. The number of rotatable bonds is 7. The number of methoxy groups -OCH3 is 1. The number of nitrogens with one attached hydrogen (secondary N) is 1. The summed E-state index contributed by atoms with van der Waals surface area (Å²) >= 11 is 1.25. The molecule has 9 heteroatoms. The molecule has 7 nitrogen and oxygen atoms in total. The van der Waals surface area contributed by atoms with Crippen LogP contribution in [0, 0.1) is 5.92 Å². The van der Waals surface area contributed by atoms with Gasteiger partial charge in [0.05, 0.1) is 12.8 Å². The summed E-state index contributed by atoms with van der Waals surface area (Å²) in [6.45, 7) is 2.43. The van der Waals surface area contributed by atoms with Crippen molar-refractivity contribution in [1.82, 2.24) is 19.4 Å². The van der Waals surface area contributed by atoms with E-state index in [-0.39, 0.29) is 6.04 Å². The number of piperidine rings is 3. The number of nitrogens with zero attached hydrogens (tertiary/aromatic N) is 3. The van der Waals surface area contributed by atoms with E-state index in [9.17, 15) is 8.42 Å². The van der Waals surface area contributed by atoms with Crippen LogP contribution >= 0.6 is 11.3 Å². The van der Waals surface area contributed by atoms with Gasteiger partial charge in [-0.15, -0.1) is 11.3 Å². The first-order valence-corrected chi connectivity index (χ1v) is 13.3. The Morgan fingerprint density at radius 1 is 1.25 bits per heavy atom. The van der Waals surface area contributed by atoms with Gasteiger partial charge in [0, 0.05) is 43.4 Å². The summed E-state index contributed by atoms with van der Waals surface area (Å²) < 4.78 is 35.5. The summed E-state index contributed by atoms with van der Waals surface area (Å²) in [6.07, 6.45) is 2.14. The third kappa shape index (κ3) is 4.10. The van der Waals surface area contributed by atoms with Crippen molar-refractivity contribution in [2.75, 3.05) is 26.7 Å². The molecule has 0 amide bonds. The van der Waals surface area contributed by atoms with E-state index >= 15 is 0 Å². The molecule has 3 fully saturated rings. The Kier molecular flexibility index (Phi) is 5.83. The number of aryl methyl sites for hydroxylation is 1. The van der Waals surface area contributed by atoms with E-state index in [0.29, 0.717) is 22.6 Å². The van der Waals surface area contributed by atoms with Gasteiger partial charge in [-0.1, -0.05) is 6.07 Å². The molecule has 1 unspecified atom stereocenters. The molecule has 3 aliphatic rings. The lowest BCUT2D eigenvalue weighted by molar-refractivity contribution is 0.0306. The van der Waals surface area contributed by atoms with Crippen LogP contribution in [0.15, 0.2) is 52.1 Å². The van der Waals surface area contributed by atoms with Gasteiger partial charge in [-0.05, 0) is 67.1 Å². The highest BCUT2D eigenvalue weighted by Gasteiger charge is 2.42. The van der Waals surface area contributed by atoms with Gasteiger partial charge >= 0.3 is 0 Å². The zero-order chi connectivity index (χ0) is 22.3. The fraction of sp³-hybridized carbons (Fsp3) is 0.435. The zero-order valence-electron chi connectivity index (χ0n) is 18.3. The summed E-state index contributed by atoms with van der Waals surface area (Å²) in [4.78, 5) is 2.45. The second kappa shape index (κ2) is 8.62. The van der Waals surface area contributed by atoms with Gasteiger partial charge in [0.2, 0.25) is 10.0 Å². The Hall–Kier alpha value is -2.20. The van der Waals surface area contributed by atoms with Gasteiger partial charge in [0.25, 0.3) is 0 Å². The molecule has 3 aliphatic heterocycles. The smallest absolute Gasteiger partial charge is 0.250 e. The molecule has 4 atom stereocenters. The van der Waals surface area contributed by atoms with Crippen molar-refractivity contribution in [2.45, 2.75) is 29.0 Å². The number of hydrogen-bond acceptors (Lipinski definition) is 6. The van der Waals surface area contributed by atoms with Crippen LogP contribution in [0.1, 0.15) is 24.5 Å². The van der Waals surface area contributed by atoms with E-state index < -0.39 is 10.0 Å². The Labute approximate surface area is 193 Å². The number of benzene rings is 1. The Bertz CT molecular complexity index is 1170. The largest absolute Gasteiger partial charge is 0.497 e. The maximum Gasteiger partial charge on any atom is 0.250 e. The van der Waals surface area contributed by atoms with Crippen LogP contribution in [-0.4, -0.2) is 55.9 Å². The molecule has 1 aromatic carbocycles. The number of thiophene rings is 1. The Morgan fingerprint density at radius 2 is 2.06 bits per heavy atom. The van der Waals surface area contributed by atoms with Gasteiger partial charge < -0.3 is 4.74 Å². The molecule has 0 saturated carbocycles. The van der Waals surface area contributed by atoms with Crippen LogP contribution in [0.3, 0.4) is 0 Å².